The van der Waals surface area contributed by atoms with E-state index < -0.39 is 0 Å². The maximum absolute atomic E-state index is 5.95. The Labute approximate surface area is 129 Å². The van der Waals surface area contributed by atoms with Crippen molar-refractivity contribution in [3.05, 3.63) is 45.7 Å². The molecule has 0 aliphatic heterocycles. The standard InChI is InChI=1S/C14H11IN4O/c1-8-3-2-4-12(17-8)13-18-14(20-19-13)10-7-9(15)5-6-11(10)16/h2-7H,16H2,1H3. The number of rotatable bonds is 2. The van der Waals surface area contributed by atoms with Crippen LogP contribution in [0.15, 0.2) is 40.9 Å². The number of halogens is 1. The Kier molecular flexibility index (Phi) is 3.39. The number of benzene rings is 1. The molecule has 0 amide bonds. The quantitative estimate of drug-likeness (QED) is 0.547. The third-order valence-corrected chi connectivity index (χ3v) is 3.46. The number of aromatic nitrogens is 3. The van der Waals surface area contributed by atoms with Crippen LogP contribution in [0, 0.1) is 10.5 Å². The first kappa shape index (κ1) is 13.0. The minimum Gasteiger partial charge on any atom is -0.398 e. The molecule has 0 unspecified atom stereocenters. The predicted octanol–water partition coefficient (Wildman–Crippen LogP) is 3.29. The smallest absolute Gasteiger partial charge is 0.260 e. The number of nitrogens with zero attached hydrogens (tertiary/aromatic N) is 3. The van der Waals surface area contributed by atoms with E-state index in [1.54, 1.807) is 0 Å². The lowest BCUT2D eigenvalue weighted by atomic mass is 10.2. The van der Waals surface area contributed by atoms with Crippen molar-refractivity contribution in [3.63, 3.8) is 0 Å². The lowest BCUT2D eigenvalue weighted by Crippen LogP contribution is -1.91. The fourth-order valence-corrected chi connectivity index (χ4v) is 2.31. The van der Waals surface area contributed by atoms with Crippen LogP contribution in [0.4, 0.5) is 5.69 Å². The Morgan fingerprint density at radius 1 is 1.15 bits per heavy atom. The van der Waals surface area contributed by atoms with Crippen LogP contribution in [-0.2, 0) is 0 Å². The van der Waals surface area contributed by atoms with Crippen molar-refractivity contribution in [2.75, 3.05) is 5.73 Å². The van der Waals surface area contributed by atoms with Gasteiger partial charge in [-0.1, -0.05) is 11.2 Å². The van der Waals surface area contributed by atoms with Gasteiger partial charge in [0.25, 0.3) is 5.89 Å². The highest BCUT2D eigenvalue weighted by atomic mass is 127. The van der Waals surface area contributed by atoms with E-state index in [4.69, 9.17) is 10.3 Å². The molecule has 3 rings (SSSR count). The summed E-state index contributed by atoms with van der Waals surface area (Å²) in [6.07, 6.45) is 0. The maximum atomic E-state index is 5.95. The normalized spacial score (nSPS) is 10.7. The molecular formula is C14H11IN4O. The molecule has 3 aromatic rings. The summed E-state index contributed by atoms with van der Waals surface area (Å²) in [6.45, 7) is 1.92. The van der Waals surface area contributed by atoms with Crippen LogP contribution in [-0.4, -0.2) is 15.1 Å². The highest BCUT2D eigenvalue weighted by Gasteiger charge is 2.14. The number of hydrogen-bond acceptors (Lipinski definition) is 5. The molecule has 0 aliphatic rings. The van der Waals surface area contributed by atoms with Crippen LogP contribution in [0.2, 0.25) is 0 Å². The lowest BCUT2D eigenvalue weighted by Gasteiger charge is -2.00. The number of anilines is 1. The van der Waals surface area contributed by atoms with Crippen molar-refractivity contribution < 1.29 is 4.52 Å². The van der Waals surface area contributed by atoms with Crippen molar-refractivity contribution in [3.8, 4) is 23.0 Å². The van der Waals surface area contributed by atoms with Gasteiger partial charge in [0.2, 0.25) is 5.82 Å². The summed E-state index contributed by atoms with van der Waals surface area (Å²) in [5.41, 5.74) is 8.88. The molecule has 5 nitrogen and oxygen atoms in total. The first-order valence-electron chi connectivity index (χ1n) is 5.96. The molecule has 100 valence electrons. The average Bonchev–Trinajstić information content (AvgIpc) is 2.91. The number of nitrogen functional groups attached to an aromatic ring is 1. The molecule has 2 N–H and O–H groups in total. The van der Waals surface area contributed by atoms with Crippen LogP contribution in [0.1, 0.15) is 5.69 Å². The van der Waals surface area contributed by atoms with Crippen molar-refractivity contribution in [1.82, 2.24) is 15.1 Å². The van der Waals surface area contributed by atoms with Gasteiger partial charge in [0.15, 0.2) is 0 Å². The van der Waals surface area contributed by atoms with Crippen molar-refractivity contribution >= 4 is 28.3 Å². The van der Waals surface area contributed by atoms with E-state index in [9.17, 15) is 0 Å². The molecule has 0 spiro atoms. The zero-order valence-corrected chi connectivity index (χ0v) is 12.8. The summed E-state index contributed by atoms with van der Waals surface area (Å²) >= 11 is 2.21. The second-order valence-corrected chi connectivity index (χ2v) is 5.56. The monoisotopic (exact) mass is 378 g/mol. The highest BCUT2D eigenvalue weighted by Crippen LogP contribution is 2.27. The van der Waals surface area contributed by atoms with Gasteiger partial charge in [-0.05, 0) is 59.8 Å². The van der Waals surface area contributed by atoms with Crippen LogP contribution in [0.25, 0.3) is 23.0 Å². The topological polar surface area (TPSA) is 77.8 Å². The summed E-state index contributed by atoms with van der Waals surface area (Å²) < 4.78 is 6.35. The van der Waals surface area contributed by atoms with E-state index in [1.165, 1.54) is 0 Å². The first-order valence-corrected chi connectivity index (χ1v) is 7.04. The summed E-state index contributed by atoms with van der Waals surface area (Å²) in [6, 6.07) is 11.3. The molecule has 0 atom stereocenters. The van der Waals surface area contributed by atoms with Gasteiger partial charge in [-0.3, -0.25) is 0 Å². The highest BCUT2D eigenvalue weighted by molar-refractivity contribution is 14.1. The molecule has 0 radical (unpaired) electrons. The van der Waals surface area contributed by atoms with E-state index in [1.807, 2.05) is 43.3 Å². The van der Waals surface area contributed by atoms with Crippen molar-refractivity contribution in [2.45, 2.75) is 6.92 Å². The molecule has 0 saturated carbocycles. The Bertz CT molecular complexity index is 769. The zero-order chi connectivity index (χ0) is 14.1. The van der Waals surface area contributed by atoms with Gasteiger partial charge in [-0.2, -0.15) is 4.98 Å². The van der Waals surface area contributed by atoms with E-state index in [-0.39, 0.29) is 0 Å². The molecule has 0 aliphatic carbocycles. The Morgan fingerprint density at radius 2 is 2.00 bits per heavy atom. The SMILES string of the molecule is Cc1cccc(-c2noc(-c3cc(I)ccc3N)n2)n1. The Hall–Kier alpha value is -1.96. The molecule has 2 heterocycles. The van der Waals surface area contributed by atoms with E-state index in [2.05, 4.69) is 37.7 Å². The lowest BCUT2D eigenvalue weighted by molar-refractivity contribution is 0.432. The van der Waals surface area contributed by atoms with Gasteiger partial charge in [0, 0.05) is 15.0 Å². The number of hydrogen-bond donors (Lipinski definition) is 1. The molecule has 1 aromatic carbocycles. The molecule has 0 saturated heterocycles. The second kappa shape index (κ2) is 5.20. The molecule has 2 aromatic heterocycles. The van der Waals surface area contributed by atoms with Gasteiger partial charge in [-0.25, -0.2) is 4.98 Å². The zero-order valence-electron chi connectivity index (χ0n) is 10.7. The van der Waals surface area contributed by atoms with Gasteiger partial charge >= 0.3 is 0 Å². The fourth-order valence-electron chi connectivity index (χ4n) is 1.82. The summed E-state index contributed by atoms with van der Waals surface area (Å²) in [7, 11) is 0. The number of nitrogens with two attached hydrogens (primary N) is 1. The number of pyridine rings is 1. The third-order valence-electron chi connectivity index (χ3n) is 2.79. The van der Waals surface area contributed by atoms with E-state index >= 15 is 0 Å². The summed E-state index contributed by atoms with van der Waals surface area (Å²) in [5, 5.41) is 3.97. The predicted molar refractivity (Wildman–Crippen MR) is 84.8 cm³/mol. The minimum absolute atomic E-state index is 0.402. The van der Waals surface area contributed by atoms with Crippen LogP contribution < -0.4 is 5.73 Å². The maximum Gasteiger partial charge on any atom is 0.260 e. The molecule has 20 heavy (non-hydrogen) atoms. The van der Waals surface area contributed by atoms with Crippen LogP contribution in [0.3, 0.4) is 0 Å². The summed E-state index contributed by atoms with van der Waals surface area (Å²) in [4.78, 5) is 8.74. The van der Waals surface area contributed by atoms with Crippen molar-refractivity contribution in [1.29, 1.82) is 0 Å². The van der Waals surface area contributed by atoms with Gasteiger partial charge in [0.05, 0.1) is 5.56 Å². The number of aryl methyl sites for hydroxylation is 1. The molecule has 0 bridgehead atoms. The first-order chi connectivity index (χ1) is 9.63. The van der Waals surface area contributed by atoms with Gasteiger partial charge in [0.1, 0.15) is 5.69 Å². The third kappa shape index (κ3) is 2.51. The fraction of sp³-hybridized carbons (Fsp3) is 0.0714. The minimum atomic E-state index is 0.402. The molecular weight excluding hydrogens is 367 g/mol. The Morgan fingerprint density at radius 3 is 2.80 bits per heavy atom. The molecule has 6 heteroatoms. The van der Waals surface area contributed by atoms with Crippen LogP contribution in [0.5, 0.6) is 0 Å². The van der Waals surface area contributed by atoms with Crippen molar-refractivity contribution in [2.24, 2.45) is 0 Å². The van der Waals surface area contributed by atoms with Gasteiger partial charge in [-0.15, -0.1) is 0 Å². The van der Waals surface area contributed by atoms with E-state index in [0.717, 1.165) is 14.8 Å². The second-order valence-electron chi connectivity index (χ2n) is 4.32. The summed E-state index contributed by atoms with van der Waals surface area (Å²) in [5.74, 6) is 0.862. The average molecular weight is 378 g/mol. The largest absolute Gasteiger partial charge is 0.398 e. The van der Waals surface area contributed by atoms with E-state index in [0.29, 0.717) is 23.1 Å². The van der Waals surface area contributed by atoms with Crippen LogP contribution >= 0.6 is 22.6 Å². The Balaban J connectivity index is 2.04. The molecule has 0 fully saturated rings. The van der Waals surface area contributed by atoms with Gasteiger partial charge < -0.3 is 10.3 Å².